The molecule has 5 N–H and O–H groups in total. The minimum atomic E-state index is -2.03. The van der Waals surface area contributed by atoms with Gasteiger partial charge in [-0.25, -0.2) is 15.0 Å². The first-order valence-electron chi connectivity index (χ1n) is 6.10. The van der Waals surface area contributed by atoms with Crippen LogP contribution in [0.5, 0.6) is 0 Å². The molecule has 2 aromatic rings. The number of fused-ring (bicyclic) bond motifs is 1. The number of nitrogen functional groups attached to an aromatic ring is 1. The second-order valence-corrected chi connectivity index (χ2v) is 4.71. The summed E-state index contributed by atoms with van der Waals surface area (Å²) >= 11 is 0. The van der Waals surface area contributed by atoms with Crippen LogP contribution in [0.4, 0.5) is 5.82 Å². The van der Waals surface area contributed by atoms with Crippen LogP contribution in [0, 0.1) is 12.3 Å². The molecule has 1 saturated heterocycles. The van der Waals surface area contributed by atoms with Crippen LogP contribution in [0.3, 0.4) is 0 Å². The molecule has 0 aromatic carbocycles. The van der Waals surface area contributed by atoms with Crippen molar-refractivity contribution in [3.63, 3.8) is 0 Å². The number of nitrogens with zero attached hydrogens (tertiary/aromatic N) is 4. The molecule has 3 heterocycles. The van der Waals surface area contributed by atoms with E-state index in [0.717, 1.165) is 0 Å². The maximum Gasteiger partial charge on any atom is 0.199 e. The van der Waals surface area contributed by atoms with Gasteiger partial charge in [0.05, 0.1) is 12.9 Å². The molecule has 0 bridgehead atoms. The lowest BCUT2D eigenvalue weighted by atomic mass is 9.95. The van der Waals surface area contributed by atoms with Gasteiger partial charge in [-0.2, -0.15) is 0 Å². The van der Waals surface area contributed by atoms with Gasteiger partial charge in [-0.15, -0.1) is 6.42 Å². The smallest absolute Gasteiger partial charge is 0.199 e. The monoisotopic (exact) mass is 291 g/mol. The van der Waals surface area contributed by atoms with Gasteiger partial charge in [0, 0.05) is 0 Å². The number of nitrogens with two attached hydrogens (primary N) is 1. The number of anilines is 1. The molecule has 0 saturated carbocycles. The number of ether oxygens (including phenoxy) is 1. The van der Waals surface area contributed by atoms with E-state index >= 15 is 0 Å². The fraction of sp³-hybridized carbons (Fsp3) is 0.417. The summed E-state index contributed by atoms with van der Waals surface area (Å²) in [6.45, 7) is -0.495. The number of hydrogen-bond donors (Lipinski definition) is 4. The van der Waals surface area contributed by atoms with Gasteiger partial charge in [-0.1, -0.05) is 5.92 Å². The molecule has 0 amide bonds. The summed E-state index contributed by atoms with van der Waals surface area (Å²) in [6, 6.07) is 0. The molecule has 21 heavy (non-hydrogen) atoms. The van der Waals surface area contributed by atoms with E-state index in [1.165, 1.54) is 17.2 Å². The zero-order valence-electron chi connectivity index (χ0n) is 10.8. The topological polar surface area (TPSA) is 140 Å². The third kappa shape index (κ3) is 1.78. The Morgan fingerprint density at radius 3 is 2.90 bits per heavy atom. The highest BCUT2D eigenvalue weighted by Crippen LogP contribution is 2.39. The fourth-order valence-corrected chi connectivity index (χ4v) is 2.39. The third-order valence-corrected chi connectivity index (χ3v) is 3.53. The maximum atomic E-state index is 10.5. The molecule has 0 spiro atoms. The number of aliphatic hydroxyl groups excluding tert-OH is 2. The molecule has 2 aromatic heterocycles. The molecular formula is C12H13N5O4. The highest BCUT2D eigenvalue weighted by atomic mass is 16.6. The number of imidazole rings is 1. The predicted octanol–water partition coefficient (Wildman–Crippen LogP) is -1.98. The molecular weight excluding hydrogens is 278 g/mol. The number of hydrogen-bond acceptors (Lipinski definition) is 8. The largest absolute Gasteiger partial charge is 0.394 e. The summed E-state index contributed by atoms with van der Waals surface area (Å²) in [5.74, 6) is 2.29. The Bertz CT molecular complexity index is 726. The first-order valence-corrected chi connectivity index (χ1v) is 6.10. The Hall–Kier alpha value is -2.25. The van der Waals surface area contributed by atoms with Crippen LogP contribution in [0.1, 0.15) is 6.23 Å². The third-order valence-electron chi connectivity index (χ3n) is 3.53. The van der Waals surface area contributed by atoms with Crippen LogP contribution in [0.15, 0.2) is 12.7 Å². The van der Waals surface area contributed by atoms with E-state index in [9.17, 15) is 15.3 Å². The molecule has 1 aliphatic heterocycles. The molecule has 9 nitrogen and oxygen atoms in total. The zero-order chi connectivity index (χ0) is 15.2. The lowest BCUT2D eigenvalue weighted by molar-refractivity contribution is -0.0721. The van der Waals surface area contributed by atoms with Crippen LogP contribution >= 0.6 is 0 Å². The number of rotatable bonds is 2. The fourth-order valence-electron chi connectivity index (χ4n) is 2.39. The van der Waals surface area contributed by atoms with Crippen molar-refractivity contribution in [3.05, 3.63) is 12.7 Å². The van der Waals surface area contributed by atoms with Gasteiger partial charge in [0.15, 0.2) is 23.3 Å². The minimum absolute atomic E-state index is 0.167. The summed E-state index contributed by atoms with van der Waals surface area (Å²) in [4.78, 5) is 11.9. The van der Waals surface area contributed by atoms with Crippen molar-refractivity contribution < 1.29 is 20.1 Å². The van der Waals surface area contributed by atoms with E-state index in [1.54, 1.807) is 0 Å². The van der Waals surface area contributed by atoms with Crippen LogP contribution in [-0.4, -0.2) is 59.3 Å². The molecule has 110 valence electrons. The van der Waals surface area contributed by atoms with Crippen molar-refractivity contribution in [1.29, 1.82) is 0 Å². The first kappa shape index (κ1) is 13.7. The van der Waals surface area contributed by atoms with Crippen molar-refractivity contribution in [2.45, 2.75) is 24.0 Å². The molecule has 3 rings (SSSR count). The summed E-state index contributed by atoms with van der Waals surface area (Å²) in [5.41, 5.74) is 4.28. The Labute approximate surface area is 119 Å². The minimum Gasteiger partial charge on any atom is -0.394 e. The van der Waals surface area contributed by atoms with Crippen molar-refractivity contribution >= 4 is 17.0 Å². The Kier molecular flexibility index (Phi) is 3.03. The normalized spacial score (nSPS) is 32.4. The average Bonchev–Trinajstić information content (AvgIpc) is 3.01. The van der Waals surface area contributed by atoms with Gasteiger partial charge >= 0.3 is 0 Å². The van der Waals surface area contributed by atoms with Crippen LogP contribution < -0.4 is 5.73 Å². The molecule has 0 aliphatic carbocycles. The number of aliphatic hydroxyl groups is 3. The summed E-state index contributed by atoms with van der Waals surface area (Å²) < 4.78 is 6.80. The van der Waals surface area contributed by atoms with Gasteiger partial charge < -0.3 is 25.8 Å². The van der Waals surface area contributed by atoms with E-state index in [-0.39, 0.29) is 5.82 Å². The van der Waals surface area contributed by atoms with E-state index in [2.05, 4.69) is 20.9 Å². The Morgan fingerprint density at radius 1 is 1.48 bits per heavy atom. The van der Waals surface area contributed by atoms with Crippen molar-refractivity contribution in [1.82, 2.24) is 19.5 Å². The Morgan fingerprint density at radius 2 is 2.24 bits per heavy atom. The predicted molar refractivity (Wildman–Crippen MR) is 70.5 cm³/mol. The molecule has 1 aliphatic rings. The summed E-state index contributed by atoms with van der Waals surface area (Å²) in [5, 5.41) is 29.7. The summed E-state index contributed by atoms with van der Waals surface area (Å²) in [7, 11) is 0. The highest BCUT2D eigenvalue weighted by Gasteiger charge is 2.55. The molecule has 1 fully saturated rings. The van der Waals surface area contributed by atoms with Gasteiger partial charge in [0.1, 0.15) is 24.1 Å². The average molecular weight is 291 g/mol. The highest BCUT2D eigenvalue weighted by molar-refractivity contribution is 5.81. The summed E-state index contributed by atoms with van der Waals surface area (Å²) in [6.07, 6.45) is 4.27. The standard InChI is InChI=1S/C12H13N5O4/c1-2-12(20)8(19)6(3-18)21-11(12)17-5-16-7-9(13)14-4-15-10(7)17/h1,4-6,8,11,18-20H,3H2,(H2,13,14,15)/t6-,8-,11?,12-/m1/s1. The van der Waals surface area contributed by atoms with Gasteiger partial charge in [0.25, 0.3) is 0 Å². The molecule has 1 unspecified atom stereocenters. The van der Waals surface area contributed by atoms with E-state index < -0.39 is 30.6 Å². The van der Waals surface area contributed by atoms with Crippen molar-refractivity contribution in [2.24, 2.45) is 0 Å². The maximum absolute atomic E-state index is 10.5. The lowest BCUT2D eigenvalue weighted by Gasteiger charge is -2.26. The second-order valence-electron chi connectivity index (χ2n) is 4.71. The quantitative estimate of drug-likeness (QED) is 0.467. The van der Waals surface area contributed by atoms with Crippen LogP contribution in [-0.2, 0) is 4.74 Å². The van der Waals surface area contributed by atoms with Crippen molar-refractivity contribution in [3.8, 4) is 12.3 Å². The van der Waals surface area contributed by atoms with Gasteiger partial charge in [-0.3, -0.25) is 4.57 Å². The van der Waals surface area contributed by atoms with Gasteiger partial charge in [-0.05, 0) is 0 Å². The van der Waals surface area contributed by atoms with Crippen molar-refractivity contribution in [2.75, 3.05) is 12.3 Å². The molecule has 9 heteroatoms. The Balaban J connectivity index is 2.14. The first-order chi connectivity index (χ1) is 10.0. The number of terminal acetylenes is 1. The van der Waals surface area contributed by atoms with E-state index in [4.69, 9.17) is 16.9 Å². The zero-order valence-corrected chi connectivity index (χ0v) is 10.8. The molecule has 4 atom stereocenters. The molecule has 0 radical (unpaired) electrons. The van der Waals surface area contributed by atoms with Gasteiger partial charge in [0.2, 0.25) is 0 Å². The van der Waals surface area contributed by atoms with E-state index in [0.29, 0.717) is 11.2 Å². The van der Waals surface area contributed by atoms with E-state index in [1.807, 2.05) is 0 Å². The second kappa shape index (κ2) is 4.64. The van der Waals surface area contributed by atoms with Crippen LogP contribution in [0.2, 0.25) is 0 Å². The number of aromatic nitrogens is 4. The SMILES string of the molecule is C#C[C@]1(O)C(n2cnc3c(N)ncnc32)O[C@H](CO)[C@H]1O. The lowest BCUT2D eigenvalue weighted by Crippen LogP contribution is -2.45. The van der Waals surface area contributed by atoms with Crippen LogP contribution in [0.25, 0.3) is 11.2 Å².